The van der Waals surface area contributed by atoms with Crippen molar-refractivity contribution in [2.75, 3.05) is 34.9 Å². The Labute approximate surface area is 159 Å². The molecule has 0 fully saturated rings. The fraction of sp³-hybridized carbons (Fsp3) is 0.450. The number of nitrogens with one attached hydrogen (secondary N) is 1. The van der Waals surface area contributed by atoms with Gasteiger partial charge in [0, 0.05) is 17.8 Å². The highest BCUT2D eigenvalue weighted by molar-refractivity contribution is 7.10. The third kappa shape index (κ3) is 5.75. The SMILES string of the molecule is COc1ccc(CCCC(=O)NCC(c2cccs2)N(C)C)cc1OC. The van der Waals surface area contributed by atoms with Crippen LogP contribution in [-0.4, -0.2) is 45.7 Å². The number of benzene rings is 1. The highest BCUT2D eigenvalue weighted by Gasteiger charge is 2.16. The number of aryl methyl sites for hydroxylation is 1. The first kappa shape index (κ1) is 20.3. The Hall–Kier alpha value is -2.05. The summed E-state index contributed by atoms with van der Waals surface area (Å²) in [7, 11) is 7.32. The average Bonchev–Trinajstić information content (AvgIpc) is 3.15. The molecule has 0 radical (unpaired) electrons. The maximum absolute atomic E-state index is 12.2. The van der Waals surface area contributed by atoms with E-state index < -0.39 is 0 Å². The Morgan fingerprint density at radius 2 is 1.96 bits per heavy atom. The summed E-state index contributed by atoms with van der Waals surface area (Å²) in [5.74, 6) is 1.53. The van der Waals surface area contributed by atoms with Gasteiger partial charge in [-0.1, -0.05) is 12.1 Å². The van der Waals surface area contributed by atoms with E-state index in [-0.39, 0.29) is 11.9 Å². The van der Waals surface area contributed by atoms with Crippen LogP contribution >= 0.6 is 11.3 Å². The second kappa shape index (κ2) is 10.2. The van der Waals surface area contributed by atoms with E-state index in [4.69, 9.17) is 9.47 Å². The van der Waals surface area contributed by atoms with E-state index in [0.29, 0.717) is 13.0 Å². The molecule has 0 aliphatic carbocycles. The van der Waals surface area contributed by atoms with Crippen molar-refractivity contribution < 1.29 is 14.3 Å². The van der Waals surface area contributed by atoms with Gasteiger partial charge in [-0.2, -0.15) is 0 Å². The van der Waals surface area contributed by atoms with E-state index in [1.807, 2.05) is 38.4 Å². The molecule has 1 atom stereocenters. The molecule has 1 aromatic heterocycles. The molecule has 1 amide bonds. The zero-order valence-corrected chi connectivity index (χ0v) is 16.8. The molecule has 1 unspecified atom stereocenters. The number of amides is 1. The van der Waals surface area contributed by atoms with E-state index in [9.17, 15) is 4.79 Å². The van der Waals surface area contributed by atoms with Gasteiger partial charge in [0.25, 0.3) is 0 Å². The average molecular weight is 377 g/mol. The molecular formula is C20H28N2O3S. The molecule has 0 aliphatic heterocycles. The number of carbonyl (C=O) groups is 1. The Balaban J connectivity index is 1.78. The standard InChI is InChI=1S/C20H28N2O3S/c1-22(2)16(19-8-6-12-26-19)14-21-20(23)9-5-7-15-10-11-17(24-3)18(13-15)25-4/h6,8,10-13,16H,5,7,9,14H2,1-4H3,(H,21,23). The van der Waals surface area contributed by atoms with Crippen LogP contribution in [0.1, 0.15) is 29.3 Å². The number of carbonyl (C=O) groups excluding carboxylic acids is 1. The van der Waals surface area contributed by atoms with Crippen molar-refractivity contribution in [1.29, 1.82) is 0 Å². The fourth-order valence-electron chi connectivity index (χ4n) is 2.81. The van der Waals surface area contributed by atoms with Gasteiger partial charge in [-0.25, -0.2) is 0 Å². The lowest BCUT2D eigenvalue weighted by molar-refractivity contribution is -0.121. The number of thiophene rings is 1. The van der Waals surface area contributed by atoms with E-state index in [1.54, 1.807) is 25.6 Å². The molecule has 1 N–H and O–H groups in total. The number of hydrogen-bond donors (Lipinski definition) is 1. The first-order valence-corrected chi connectivity index (χ1v) is 9.60. The lowest BCUT2D eigenvalue weighted by Crippen LogP contribution is -2.34. The first-order valence-electron chi connectivity index (χ1n) is 8.72. The number of rotatable bonds is 10. The van der Waals surface area contributed by atoms with Gasteiger partial charge in [0.1, 0.15) is 0 Å². The minimum absolute atomic E-state index is 0.0916. The van der Waals surface area contributed by atoms with Gasteiger partial charge in [0.05, 0.1) is 20.3 Å². The Kier molecular flexibility index (Phi) is 7.94. The van der Waals surface area contributed by atoms with Gasteiger partial charge in [-0.3, -0.25) is 4.79 Å². The summed E-state index contributed by atoms with van der Waals surface area (Å²) in [6, 6.07) is 10.2. The molecule has 0 saturated carbocycles. The van der Waals surface area contributed by atoms with E-state index >= 15 is 0 Å². The molecule has 1 aromatic carbocycles. The highest BCUT2D eigenvalue weighted by atomic mass is 32.1. The van der Waals surface area contributed by atoms with Crippen LogP contribution in [0.15, 0.2) is 35.7 Å². The molecule has 1 heterocycles. The van der Waals surface area contributed by atoms with E-state index in [0.717, 1.165) is 29.9 Å². The number of hydrogen-bond acceptors (Lipinski definition) is 5. The maximum atomic E-state index is 12.2. The minimum Gasteiger partial charge on any atom is -0.493 e. The van der Waals surface area contributed by atoms with Crippen LogP contribution in [0.3, 0.4) is 0 Å². The molecule has 0 aliphatic rings. The molecule has 0 saturated heterocycles. The lowest BCUT2D eigenvalue weighted by atomic mass is 10.1. The van der Waals surface area contributed by atoms with Crippen molar-refractivity contribution in [3.8, 4) is 11.5 Å². The van der Waals surface area contributed by atoms with Gasteiger partial charge in [-0.05, 0) is 56.1 Å². The number of likely N-dealkylation sites (N-methyl/N-ethyl adjacent to an activating group) is 1. The van der Waals surface area contributed by atoms with Gasteiger partial charge < -0.3 is 19.7 Å². The van der Waals surface area contributed by atoms with Crippen LogP contribution < -0.4 is 14.8 Å². The largest absolute Gasteiger partial charge is 0.493 e. The summed E-state index contributed by atoms with van der Waals surface area (Å²) in [5, 5.41) is 5.13. The Morgan fingerprint density at radius 3 is 2.58 bits per heavy atom. The zero-order chi connectivity index (χ0) is 18.9. The van der Waals surface area contributed by atoms with E-state index in [1.165, 1.54) is 4.88 Å². The predicted octanol–water partition coefficient (Wildman–Crippen LogP) is 3.51. The molecule has 0 bridgehead atoms. The van der Waals surface area contributed by atoms with Gasteiger partial charge in [0.15, 0.2) is 11.5 Å². The Morgan fingerprint density at radius 1 is 1.19 bits per heavy atom. The fourth-order valence-corrected chi connectivity index (χ4v) is 3.73. The van der Waals surface area contributed by atoms with E-state index in [2.05, 4.69) is 21.7 Å². The Bertz CT molecular complexity index is 686. The minimum atomic E-state index is 0.0916. The maximum Gasteiger partial charge on any atom is 0.220 e. The van der Waals surface area contributed by atoms with Crippen LogP contribution in [0, 0.1) is 0 Å². The van der Waals surface area contributed by atoms with Crippen molar-refractivity contribution in [2.24, 2.45) is 0 Å². The molecular weight excluding hydrogens is 348 g/mol. The zero-order valence-electron chi connectivity index (χ0n) is 16.0. The smallest absolute Gasteiger partial charge is 0.220 e. The molecule has 142 valence electrons. The predicted molar refractivity (Wildman–Crippen MR) is 106 cm³/mol. The third-order valence-corrected chi connectivity index (χ3v) is 5.28. The van der Waals surface area contributed by atoms with Crippen LogP contribution in [-0.2, 0) is 11.2 Å². The summed E-state index contributed by atoms with van der Waals surface area (Å²) in [5.41, 5.74) is 1.14. The number of nitrogens with zero attached hydrogens (tertiary/aromatic N) is 1. The summed E-state index contributed by atoms with van der Waals surface area (Å²) in [4.78, 5) is 15.6. The monoisotopic (exact) mass is 376 g/mol. The number of ether oxygens (including phenoxy) is 2. The van der Waals surface area contributed by atoms with Crippen molar-refractivity contribution in [3.05, 3.63) is 46.2 Å². The second-order valence-corrected chi connectivity index (χ2v) is 7.32. The molecule has 6 heteroatoms. The normalized spacial score (nSPS) is 12.0. The second-order valence-electron chi connectivity index (χ2n) is 6.34. The summed E-state index contributed by atoms with van der Waals surface area (Å²) < 4.78 is 10.6. The molecule has 2 rings (SSSR count). The summed E-state index contributed by atoms with van der Waals surface area (Å²) in [6.07, 6.45) is 2.14. The highest BCUT2D eigenvalue weighted by Crippen LogP contribution is 2.28. The number of methoxy groups -OCH3 is 2. The third-order valence-electron chi connectivity index (χ3n) is 4.30. The van der Waals surface area contributed by atoms with Crippen molar-refractivity contribution in [3.63, 3.8) is 0 Å². The van der Waals surface area contributed by atoms with Crippen LogP contribution in [0.5, 0.6) is 11.5 Å². The van der Waals surface area contributed by atoms with Crippen molar-refractivity contribution in [1.82, 2.24) is 10.2 Å². The van der Waals surface area contributed by atoms with Crippen molar-refractivity contribution >= 4 is 17.2 Å². The van der Waals surface area contributed by atoms with Gasteiger partial charge in [-0.15, -0.1) is 11.3 Å². The topological polar surface area (TPSA) is 50.8 Å². The van der Waals surface area contributed by atoms with Crippen LogP contribution in [0.2, 0.25) is 0 Å². The molecule has 0 spiro atoms. The van der Waals surface area contributed by atoms with Gasteiger partial charge >= 0.3 is 0 Å². The molecule has 26 heavy (non-hydrogen) atoms. The van der Waals surface area contributed by atoms with Gasteiger partial charge in [0.2, 0.25) is 5.91 Å². The first-order chi connectivity index (χ1) is 12.5. The quantitative estimate of drug-likeness (QED) is 0.689. The van der Waals surface area contributed by atoms with Crippen LogP contribution in [0.25, 0.3) is 0 Å². The lowest BCUT2D eigenvalue weighted by Gasteiger charge is -2.23. The van der Waals surface area contributed by atoms with Crippen LogP contribution in [0.4, 0.5) is 0 Å². The molecule has 5 nitrogen and oxygen atoms in total. The van der Waals surface area contributed by atoms with Crippen molar-refractivity contribution in [2.45, 2.75) is 25.3 Å². The summed E-state index contributed by atoms with van der Waals surface area (Å²) >= 11 is 1.72. The summed E-state index contributed by atoms with van der Waals surface area (Å²) in [6.45, 7) is 0.628. The molecule has 2 aromatic rings.